The Morgan fingerprint density at radius 2 is 1.85 bits per heavy atom. The van der Waals surface area contributed by atoms with Gasteiger partial charge in [-0.3, -0.25) is 9.59 Å². The fourth-order valence-corrected chi connectivity index (χ4v) is 3.46. The summed E-state index contributed by atoms with van der Waals surface area (Å²) in [6, 6.07) is 9.99. The molecule has 0 spiro atoms. The molecule has 0 unspecified atom stereocenters. The van der Waals surface area contributed by atoms with Gasteiger partial charge in [-0.25, -0.2) is 9.18 Å². The molecule has 34 heavy (non-hydrogen) atoms. The molecule has 0 fully saturated rings. The maximum atomic E-state index is 13.3. The van der Waals surface area contributed by atoms with Gasteiger partial charge in [0.15, 0.2) is 0 Å². The molecule has 1 aromatic heterocycles. The Hall–Kier alpha value is -3.88. The highest BCUT2D eigenvalue weighted by Gasteiger charge is 2.25. The van der Waals surface area contributed by atoms with Crippen LogP contribution in [0.5, 0.6) is 0 Å². The molecule has 2 atom stereocenters. The quantitative estimate of drug-likeness (QED) is 0.417. The molecule has 2 aromatic carbocycles. The molecule has 0 aliphatic carbocycles. The summed E-state index contributed by atoms with van der Waals surface area (Å²) in [4.78, 5) is 39.3. The number of aromatic amines is 1. The van der Waals surface area contributed by atoms with Crippen LogP contribution in [0.3, 0.4) is 0 Å². The van der Waals surface area contributed by atoms with Crippen molar-refractivity contribution in [3.05, 3.63) is 65.6 Å². The lowest BCUT2D eigenvalue weighted by atomic mass is 10.0. The number of hydrogen-bond donors (Lipinski definition) is 3. The lowest BCUT2D eigenvalue weighted by Gasteiger charge is -2.23. The SMILES string of the molecule is C[C@H](OC=O)c1c[nH]c2ccc(NC(=O)[C@H](Cc3ccc(F)cc3)NC(=O)OC(C)(C)C)cc12. The Labute approximate surface area is 196 Å². The van der Waals surface area contributed by atoms with E-state index < -0.39 is 35.6 Å². The van der Waals surface area contributed by atoms with Crippen LogP contribution in [0.1, 0.15) is 44.9 Å². The summed E-state index contributed by atoms with van der Waals surface area (Å²) in [5.74, 6) is -0.864. The van der Waals surface area contributed by atoms with Crippen molar-refractivity contribution in [2.75, 3.05) is 5.32 Å². The van der Waals surface area contributed by atoms with Crippen LogP contribution < -0.4 is 10.6 Å². The van der Waals surface area contributed by atoms with Crippen LogP contribution in [0.25, 0.3) is 10.9 Å². The maximum Gasteiger partial charge on any atom is 0.408 e. The summed E-state index contributed by atoms with van der Waals surface area (Å²) < 4.78 is 23.6. The van der Waals surface area contributed by atoms with E-state index in [1.807, 2.05) is 0 Å². The molecular formula is C25H28FN3O5. The molecule has 3 N–H and O–H groups in total. The Morgan fingerprint density at radius 1 is 1.15 bits per heavy atom. The topological polar surface area (TPSA) is 110 Å². The molecule has 2 amide bonds. The van der Waals surface area contributed by atoms with Crippen molar-refractivity contribution in [3.63, 3.8) is 0 Å². The fraction of sp³-hybridized carbons (Fsp3) is 0.320. The second-order valence-electron chi connectivity index (χ2n) is 8.90. The number of H-pyrrole nitrogens is 1. The summed E-state index contributed by atoms with van der Waals surface area (Å²) in [5.41, 5.74) is 1.99. The number of rotatable bonds is 8. The summed E-state index contributed by atoms with van der Waals surface area (Å²) in [6.45, 7) is 7.30. The van der Waals surface area contributed by atoms with E-state index in [0.29, 0.717) is 17.7 Å². The molecule has 0 saturated carbocycles. The second kappa shape index (κ2) is 10.4. The third-order valence-electron chi connectivity index (χ3n) is 5.04. The maximum absolute atomic E-state index is 13.3. The number of halogens is 1. The van der Waals surface area contributed by atoms with Crippen molar-refractivity contribution in [1.29, 1.82) is 0 Å². The summed E-state index contributed by atoms with van der Waals surface area (Å²) in [6.07, 6.45) is 0.661. The molecule has 8 nitrogen and oxygen atoms in total. The number of benzene rings is 2. The van der Waals surface area contributed by atoms with Crippen LogP contribution in [0, 0.1) is 5.82 Å². The highest BCUT2D eigenvalue weighted by Crippen LogP contribution is 2.28. The highest BCUT2D eigenvalue weighted by atomic mass is 19.1. The third kappa shape index (κ3) is 6.57. The van der Waals surface area contributed by atoms with Crippen LogP contribution in [0.15, 0.2) is 48.7 Å². The van der Waals surface area contributed by atoms with Crippen molar-refractivity contribution in [1.82, 2.24) is 10.3 Å². The first-order valence-corrected chi connectivity index (χ1v) is 10.8. The van der Waals surface area contributed by atoms with E-state index in [-0.39, 0.29) is 6.42 Å². The van der Waals surface area contributed by atoms with E-state index in [2.05, 4.69) is 15.6 Å². The molecule has 9 heteroatoms. The van der Waals surface area contributed by atoms with Crippen molar-refractivity contribution in [2.24, 2.45) is 0 Å². The van der Waals surface area contributed by atoms with Gasteiger partial charge in [-0.1, -0.05) is 12.1 Å². The van der Waals surface area contributed by atoms with Crippen LogP contribution in [0.2, 0.25) is 0 Å². The molecule has 3 rings (SSSR count). The summed E-state index contributed by atoms with van der Waals surface area (Å²) in [5, 5.41) is 6.20. The number of ether oxygens (including phenoxy) is 2. The number of carbonyl (C=O) groups excluding carboxylic acids is 3. The zero-order valence-corrected chi connectivity index (χ0v) is 19.5. The average Bonchev–Trinajstić information content (AvgIpc) is 3.17. The first-order valence-electron chi connectivity index (χ1n) is 10.8. The van der Waals surface area contributed by atoms with E-state index in [9.17, 15) is 18.8 Å². The number of carbonyl (C=O) groups is 3. The van der Waals surface area contributed by atoms with Gasteiger partial charge in [-0.2, -0.15) is 0 Å². The molecule has 0 bridgehead atoms. The lowest BCUT2D eigenvalue weighted by molar-refractivity contribution is -0.133. The van der Waals surface area contributed by atoms with Gasteiger partial charge < -0.3 is 25.1 Å². The number of anilines is 1. The van der Waals surface area contributed by atoms with Gasteiger partial charge in [0.25, 0.3) is 6.47 Å². The largest absolute Gasteiger partial charge is 0.460 e. The minimum atomic E-state index is -0.973. The van der Waals surface area contributed by atoms with E-state index in [0.717, 1.165) is 16.5 Å². The third-order valence-corrected chi connectivity index (χ3v) is 5.04. The number of amides is 2. The lowest BCUT2D eigenvalue weighted by Crippen LogP contribution is -2.47. The number of alkyl carbamates (subject to hydrolysis) is 1. The molecule has 180 valence electrons. The first kappa shape index (κ1) is 24.8. The fourth-order valence-electron chi connectivity index (χ4n) is 3.46. The summed E-state index contributed by atoms with van der Waals surface area (Å²) >= 11 is 0. The van der Waals surface area contributed by atoms with Crippen molar-refractivity contribution < 1.29 is 28.2 Å². The molecular weight excluding hydrogens is 441 g/mol. The zero-order valence-electron chi connectivity index (χ0n) is 19.5. The molecule has 3 aromatic rings. The van der Waals surface area contributed by atoms with Crippen molar-refractivity contribution >= 4 is 35.1 Å². The zero-order chi connectivity index (χ0) is 24.9. The predicted molar refractivity (Wildman–Crippen MR) is 126 cm³/mol. The minimum absolute atomic E-state index is 0.132. The van der Waals surface area contributed by atoms with Gasteiger partial charge in [0.05, 0.1) is 0 Å². The van der Waals surface area contributed by atoms with Gasteiger partial charge in [-0.15, -0.1) is 0 Å². The van der Waals surface area contributed by atoms with E-state index in [1.54, 1.807) is 64.2 Å². The van der Waals surface area contributed by atoms with Gasteiger partial charge in [0.1, 0.15) is 23.6 Å². The van der Waals surface area contributed by atoms with E-state index in [1.165, 1.54) is 12.1 Å². The predicted octanol–water partition coefficient (Wildman–Crippen LogP) is 4.62. The normalized spacial score (nSPS) is 13.1. The van der Waals surface area contributed by atoms with Crippen LogP contribution in [-0.2, 0) is 25.5 Å². The molecule has 1 heterocycles. The number of fused-ring (bicyclic) bond motifs is 1. The van der Waals surface area contributed by atoms with Crippen LogP contribution in [0.4, 0.5) is 14.9 Å². The molecule has 0 aliphatic heterocycles. The monoisotopic (exact) mass is 469 g/mol. The Kier molecular flexibility index (Phi) is 7.55. The van der Waals surface area contributed by atoms with E-state index in [4.69, 9.17) is 9.47 Å². The Morgan fingerprint density at radius 3 is 2.50 bits per heavy atom. The van der Waals surface area contributed by atoms with Crippen molar-refractivity contribution in [2.45, 2.75) is 51.9 Å². The Bertz CT molecular complexity index is 1170. The number of nitrogens with one attached hydrogen (secondary N) is 3. The number of hydrogen-bond acceptors (Lipinski definition) is 5. The van der Waals surface area contributed by atoms with Crippen molar-refractivity contribution in [3.8, 4) is 0 Å². The van der Waals surface area contributed by atoms with E-state index >= 15 is 0 Å². The molecule has 0 saturated heterocycles. The first-order chi connectivity index (χ1) is 16.1. The average molecular weight is 470 g/mol. The molecule has 0 aliphatic rings. The standard InChI is InChI=1S/C25H28FN3O5/c1-15(33-14-30)20-13-27-21-10-9-18(12-19(20)21)28-23(31)22(29-24(32)34-25(2,3)4)11-16-5-7-17(26)8-6-16/h5-10,12-15,22,27H,11H2,1-4H3,(H,28,31)(H,29,32)/t15-,22-/m0/s1. The highest BCUT2D eigenvalue weighted by molar-refractivity contribution is 5.99. The second-order valence-corrected chi connectivity index (χ2v) is 8.90. The van der Waals surface area contributed by atoms with Crippen LogP contribution >= 0.6 is 0 Å². The van der Waals surface area contributed by atoms with Gasteiger partial charge in [-0.05, 0) is 63.6 Å². The minimum Gasteiger partial charge on any atom is -0.460 e. The van der Waals surface area contributed by atoms with Crippen LogP contribution in [-0.4, -0.2) is 35.1 Å². The van der Waals surface area contributed by atoms with Gasteiger partial charge >= 0.3 is 6.09 Å². The summed E-state index contributed by atoms with van der Waals surface area (Å²) in [7, 11) is 0. The number of aromatic nitrogens is 1. The smallest absolute Gasteiger partial charge is 0.408 e. The van der Waals surface area contributed by atoms with Gasteiger partial charge in [0, 0.05) is 34.8 Å². The van der Waals surface area contributed by atoms with Gasteiger partial charge in [0.2, 0.25) is 5.91 Å². The Balaban J connectivity index is 1.82. The molecule has 0 radical (unpaired) electrons.